The van der Waals surface area contributed by atoms with E-state index < -0.39 is 4.08 Å². The Labute approximate surface area is 169 Å². The van der Waals surface area contributed by atoms with E-state index in [1.807, 2.05) is 36.5 Å². The summed E-state index contributed by atoms with van der Waals surface area (Å²) in [5, 5.41) is 2.19. The number of aldehydes is 1. The van der Waals surface area contributed by atoms with Crippen LogP contribution >= 0.6 is 24.4 Å². The predicted octanol–water partition coefficient (Wildman–Crippen LogP) is 3.71. The van der Waals surface area contributed by atoms with Gasteiger partial charge in [-0.05, 0) is 47.5 Å². The zero-order valence-electron chi connectivity index (χ0n) is 15.5. The first-order valence-corrected chi connectivity index (χ1v) is 9.99. The summed E-state index contributed by atoms with van der Waals surface area (Å²) in [6.07, 6.45) is 4.65. The summed E-state index contributed by atoms with van der Waals surface area (Å²) in [6, 6.07) is 11.6. The number of thioether (sulfide) groups is 1. The van der Waals surface area contributed by atoms with Crippen LogP contribution in [0.25, 0.3) is 0 Å². The lowest BCUT2D eigenvalue weighted by atomic mass is 10.1. The summed E-state index contributed by atoms with van der Waals surface area (Å²) in [5.41, 5.74) is 3.12. The highest BCUT2D eigenvalue weighted by Crippen LogP contribution is 2.32. The van der Waals surface area contributed by atoms with Crippen molar-refractivity contribution >= 4 is 35.9 Å². The monoisotopic (exact) mass is 404 g/mol. The molecule has 0 saturated carbocycles. The normalized spacial score (nSPS) is 12.9. The Balaban J connectivity index is 1.86. The van der Waals surface area contributed by atoms with E-state index in [0.717, 1.165) is 41.6 Å². The molecule has 1 atom stereocenters. The second-order valence-corrected chi connectivity index (χ2v) is 8.44. The van der Waals surface area contributed by atoms with E-state index in [9.17, 15) is 9.59 Å². The molecule has 0 radical (unpaired) electrons. The number of aromatic nitrogens is 1. The molecule has 0 bridgehead atoms. The average molecular weight is 405 g/mol. The van der Waals surface area contributed by atoms with Gasteiger partial charge in [0.25, 0.3) is 5.24 Å². The third-order valence-electron chi connectivity index (χ3n) is 3.96. The van der Waals surface area contributed by atoms with E-state index in [2.05, 4.69) is 35.9 Å². The summed E-state index contributed by atoms with van der Waals surface area (Å²) in [7, 11) is 1.52. The first-order valence-electron chi connectivity index (χ1n) is 8.73. The maximum absolute atomic E-state index is 11.5. The number of ether oxygens (including phenoxy) is 1. The van der Waals surface area contributed by atoms with Crippen LogP contribution in [-0.2, 0) is 24.1 Å². The minimum atomic E-state index is -1.10. The van der Waals surface area contributed by atoms with Crippen LogP contribution in [0.5, 0.6) is 5.75 Å². The number of aryl methyl sites for hydroxylation is 1. The van der Waals surface area contributed by atoms with Crippen LogP contribution in [0.3, 0.4) is 0 Å². The number of carbonyl (C=O) groups is 2. The van der Waals surface area contributed by atoms with Crippen LogP contribution in [0.4, 0.5) is 4.79 Å². The van der Waals surface area contributed by atoms with Gasteiger partial charge in [0.15, 0.2) is 0 Å². The number of carbonyl (C=O) groups excluding carboxylic acids is 2. The van der Waals surface area contributed by atoms with Gasteiger partial charge in [-0.1, -0.05) is 25.1 Å². The lowest BCUT2D eigenvalue weighted by molar-refractivity contribution is -0.108. The average Bonchev–Trinajstić information content (AvgIpc) is 2.69. The molecule has 0 fully saturated rings. The molecule has 0 aliphatic heterocycles. The fourth-order valence-corrected chi connectivity index (χ4v) is 3.54. The predicted molar refractivity (Wildman–Crippen MR) is 113 cm³/mol. The molecule has 2 aromatic rings. The topological polar surface area (TPSA) is 68.3 Å². The maximum Gasteiger partial charge on any atom is 0.280 e. The zero-order chi connectivity index (χ0) is 19.7. The summed E-state index contributed by atoms with van der Waals surface area (Å²) in [5.74, 6) is 0.749. The standard InChI is InChI=1S/C20H24N2O3S2/c1-3-15-4-7-17(22-13-15)10-11-25-18-8-5-16(6-9-18)12-20(26,14-23)27-19(24)21-2/h4-9,13-14,26H,3,10-12H2,1-2H3,(H,21,24). The molecule has 0 saturated heterocycles. The number of nitrogens with zero attached hydrogens (tertiary/aromatic N) is 1. The lowest BCUT2D eigenvalue weighted by Crippen LogP contribution is -2.27. The molecule has 1 heterocycles. The van der Waals surface area contributed by atoms with E-state index in [-0.39, 0.29) is 5.24 Å². The summed E-state index contributed by atoms with van der Waals surface area (Å²) in [4.78, 5) is 27.3. The number of benzene rings is 1. The van der Waals surface area contributed by atoms with E-state index >= 15 is 0 Å². The van der Waals surface area contributed by atoms with Crippen molar-refractivity contribution in [3.63, 3.8) is 0 Å². The SMILES string of the molecule is CCc1ccc(CCOc2ccc(CC(S)(C=O)SC(=O)NC)cc2)nc1. The molecule has 1 amide bonds. The van der Waals surface area contributed by atoms with Gasteiger partial charge in [0, 0.05) is 31.8 Å². The van der Waals surface area contributed by atoms with Gasteiger partial charge in [0.05, 0.1) is 6.61 Å². The van der Waals surface area contributed by atoms with Crippen molar-refractivity contribution in [3.8, 4) is 5.75 Å². The van der Waals surface area contributed by atoms with E-state index in [1.165, 1.54) is 12.6 Å². The fraction of sp³-hybridized carbons (Fsp3) is 0.350. The minimum Gasteiger partial charge on any atom is -0.493 e. The highest BCUT2D eigenvalue weighted by Gasteiger charge is 2.29. The number of thiol groups is 1. The van der Waals surface area contributed by atoms with Crippen molar-refractivity contribution in [2.75, 3.05) is 13.7 Å². The van der Waals surface area contributed by atoms with Crippen molar-refractivity contribution < 1.29 is 14.3 Å². The van der Waals surface area contributed by atoms with E-state index in [0.29, 0.717) is 19.3 Å². The zero-order valence-corrected chi connectivity index (χ0v) is 17.2. The third kappa shape index (κ3) is 6.92. The second kappa shape index (κ2) is 10.4. The third-order valence-corrected chi connectivity index (χ3v) is 5.48. The van der Waals surface area contributed by atoms with E-state index in [1.54, 1.807) is 0 Å². The Hall–Kier alpha value is -1.99. The van der Waals surface area contributed by atoms with Crippen LogP contribution in [0.2, 0.25) is 0 Å². The highest BCUT2D eigenvalue weighted by atomic mass is 32.2. The first-order chi connectivity index (χ1) is 13.0. The van der Waals surface area contributed by atoms with Crippen molar-refractivity contribution in [1.82, 2.24) is 10.3 Å². The maximum atomic E-state index is 11.5. The smallest absolute Gasteiger partial charge is 0.280 e. The highest BCUT2D eigenvalue weighted by molar-refractivity contribution is 8.22. The van der Waals surface area contributed by atoms with Gasteiger partial charge in [-0.25, -0.2) is 0 Å². The Morgan fingerprint density at radius 1 is 1.26 bits per heavy atom. The van der Waals surface area contributed by atoms with Crippen LogP contribution in [0, 0.1) is 0 Å². The molecule has 1 unspecified atom stereocenters. The Kier molecular flexibility index (Phi) is 8.19. The molecule has 27 heavy (non-hydrogen) atoms. The number of hydrogen-bond acceptors (Lipinski definition) is 6. The Morgan fingerprint density at radius 2 is 1.96 bits per heavy atom. The molecule has 5 nitrogen and oxygen atoms in total. The van der Waals surface area contributed by atoms with Crippen molar-refractivity contribution in [1.29, 1.82) is 0 Å². The van der Waals surface area contributed by atoms with E-state index in [4.69, 9.17) is 4.74 Å². The molecule has 0 aliphatic rings. The molecule has 1 aromatic carbocycles. The van der Waals surface area contributed by atoms with Crippen molar-refractivity contribution in [2.24, 2.45) is 0 Å². The van der Waals surface area contributed by atoms with Gasteiger partial charge < -0.3 is 14.8 Å². The molecule has 2 rings (SSSR count). The van der Waals surface area contributed by atoms with Crippen LogP contribution in [-0.4, -0.2) is 34.2 Å². The summed E-state index contributed by atoms with van der Waals surface area (Å²) < 4.78 is 4.66. The molecular weight excluding hydrogens is 380 g/mol. The quantitative estimate of drug-likeness (QED) is 0.379. The van der Waals surface area contributed by atoms with Crippen LogP contribution in [0.1, 0.15) is 23.7 Å². The van der Waals surface area contributed by atoms with Crippen molar-refractivity contribution in [2.45, 2.75) is 30.3 Å². The number of pyridine rings is 1. The fourth-order valence-electron chi connectivity index (χ4n) is 2.39. The minimum absolute atomic E-state index is 0.294. The molecule has 0 spiro atoms. The van der Waals surface area contributed by atoms with Crippen LogP contribution < -0.4 is 10.1 Å². The largest absolute Gasteiger partial charge is 0.493 e. The van der Waals surface area contributed by atoms with Gasteiger partial charge in [-0.2, -0.15) is 12.6 Å². The Morgan fingerprint density at radius 3 is 2.52 bits per heavy atom. The number of hydrogen-bond donors (Lipinski definition) is 2. The molecular formula is C20H24N2O3S2. The molecule has 0 aliphatic carbocycles. The Bertz CT molecular complexity index is 751. The number of rotatable bonds is 9. The van der Waals surface area contributed by atoms with Gasteiger partial charge in [-0.3, -0.25) is 9.78 Å². The molecule has 7 heteroatoms. The second-order valence-electron chi connectivity index (χ2n) is 6.03. The number of nitrogens with one attached hydrogen (secondary N) is 1. The lowest BCUT2D eigenvalue weighted by Gasteiger charge is -2.20. The first kappa shape index (κ1) is 21.3. The molecule has 1 aromatic heterocycles. The summed E-state index contributed by atoms with van der Waals surface area (Å²) in [6.45, 7) is 2.64. The molecule has 144 valence electrons. The van der Waals surface area contributed by atoms with Crippen molar-refractivity contribution in [3.05, 3.63) is 59.4 Å². The van der Waals surface area contributed by atoms with Crippen LogP contribution in [0.15, 0.2) is 42.6 Å². The van der Waals surface area contributed by atoms with Gasteiger partial charge in [-0.15, -0.1) is 0 Å². The van der Waals surface area contributed by atoms with Gasteiger partial charge in [0.2, 0.25) is 0 Å². The summed E-state index contributed by atoms with van der Waals surface area (Å²) >= 11 is 5.22. The molecule has 1 N–H and O–H groups in total. The number of amides is 1. The van der Waals surface area contributed by atoms with Gasteiger partial charge >= 0.3 is 0 Å². The van der Waals surface area contributed by atoms with Gasteiger partial charge in [0.1, 0.15) is 16.1 Å².